The van der Waals surface area contributed by atoms with E-state index >= 15 is 0 Å². The number of hydrogen-bond donors (Lipinski definition) is 2. The van der Waals surface area contributed by atoms with Crippen molar-refractivity contribution in [3.05, 3.63) is 24.3 Å². The van der Waals surface area contributed by atoms with E-state index in [1.807, 2.05) is 36.2 Å². The average Bonchev–Trinajstić information content (AvgIpc) is 3.13. The van der Waals surface area contributed by atoms with E-state index in [0.717, 1.165) is 35.6 Å². The van der Waals surface area contributed by atoms with Crippen LogP contribution < -0.4 is 20.3 Å². The van der Waals surface area contributed by atoms with Gasteiger partial charge in [-0.05, 0) is 43.6 Å². The van der Waals surface area contributed by atoms with Crippen molar-refractivity contribution in [2.24, 2.45) is 4.99 Å². The van der Waals surface area contributed by atoms with Crippen LogP contribution in [0.25, 0.3) is 0 Å². The van der Waals surface area contributed by atoms with Crippen LogP contribution >= 0.6 is 11.8 Å². The average molecular weight is 391 g/mol. The first-order chi connectivity index (χ1) is 13.2. The number of para-hydroxylation sites is 2. The van der Waals surface area contributed by atoms with Gasteiger partial charge in [-0.3, -0.25) is 9.79 Å². The molecule has 3 rings (SSSR count). The van der Waals surface area contributed by atoms with Gasteiger partial charge in [-0.25, -0.2) is 0 Å². The molecule has 0 radical (unpaired) electrons. The Hall–Kier alpha value is -1.89. The summed E-state index contributed by atoms with van der Waals surface area (Å²) in [7, 11) is 1.81. The number of nitrogens with one attached hydrogen (secondary N) is 2. The molecule has 2 N–H and O–H groups in total. The number of amides is 1. The predicted molar refractivity (Wildman–Crippen MR) is 113 cm³/mol. The largest absolute Gasteiger partial charge is 0.482 e. The lowest BCUT2D eigenvalue weighted by molar-refractivity contribution is -0.121. The van der Waals surface area contributed by atoms with E-state index in [2.05, 4.69) is 34.3 Å². The van der Waals surface area contributed by atoms with E-state index in [1.54, 1.807) is 0 Å². The van der Waals surface area contributed by atoms with Crippen molar-refractivity contribution in [1.82, 2.24) is 10.6 Å². The molecule has 1 fully saturated rings. The number of nitrogens with zero attached hydrogens (tertiary/aromatic N) is 2. The number of hydrogen-bond acceptors (Lipinski definition) is 4. The molecule has 2 unspecified atom stereocenters. The highest BCUT2D eigenvalue weighted by Crippen LogP contribution is 2.31. The molecule has 0 aromatic heterocycles. The number of guanidine groups is 1. The molecule has 1 saturated carbocycles. The molecule has 2 aliphatic rings. The van der Waals surface area contributed by atoms with Crippen molar-refractivity contribution in [2.45, 2.75) is 43.9 Å². The number of carbonyl (C=O) groups excluding carboxylic acids is 1. The molecule has 1 aliphatic carbocycles. The number of rotatable bonds is 7. The SMILES string of the molecule is CCSC1CCC(NC(=NC)NCCCN2C(=O)COc3ccccc32)C1. The second-order valence-corrected chi connectivity index (χ2v) is 8.46. The van der Waals surface area contributed by atoms with Gasteiger partial charge < -0.3 is 20.3 Å². The first-order valence-electron chi connectivity index (χ1n) is 9.82. The molecule has 1 amide bonds. The zero-order valence-corrected chi connectivity index (χ0v) is 17.1. The molecule has 1 aromatic rings. The lowest BCUT2D eigenvalue weighted by Gasteiger charge is -2.29. The second kappa shape index (κ2) is 9.88. The van der Waals surface area contributed by atoms with Crippen LogP contribution in [-0.4, -0.2) is 55.7 Å². The van der Waals surface area contributed by atoms with Crippen molar-refractivity contribution in [1.29, 1.82) is 0 Å². The van der Waals surface area contributed by atoms with Crippen LogP contribution in [0, 0.1) is 0 Å². The zero-order valence-electron chi connectivity index (χ0n) is 16.2. The Bertz CT molecular complexity index is 667. The number of benzene rings is 1. The maximum atomic E-state index is 12.2. The van der Waals surface area contributed by atoms with Gasteiger partial charge in [0.15, 0.2) is 12.6 Å². The topological polar surface area (TPSA) is 66.0 Å². The van der Waals surface area contributed by atoms with E-state index in [4.69, 9.17) is 4.74 Å². The van der Waals surface area contributed by atoms with Crippen molar-refractivity contribution in [2.75, 3.05) is 37.4 Å². The fourth-order valence-corrected chi connectivity index (χ4v) is 4.83. The van der Waals surface area contributed by atoms with Crippen molar-refractivity contribution in [3.8, 4) is 5.75 Å². The van der Waals surface area contributed by atoms with Crippen molar-refractivity contribution >= 4 is 29.3 Å². The molecule has 7 heteroatoms. The van der Waals surface area contributed by atoms with Gasteiger partial charge in [0.2, 0.25) is 0 Å². The van der Waals surface area contributed by atoms with Crippen LogP contribution in [0.5, 0.6) is 5.75 Å². The molecule has 1 heterocycles. The summed E-state index contributed by atoms with van der Waals surface area (Å²) in [5.74, 6) is 2.84. The summed E-state index contributed by atoms with van der Waals surface area (Å²) in [5.41, 5.74) is 0.863. The molecule has 27 heavy (non-hydrogen) atoms. The highest BCUT2D eigenvalue weighted by Gasteiger charge is 2.26. The highest BCUT2D eigenvalue weighted by atomic mass is 32.2. The van der Waals surface area contributed by atoms with Gasteiger partial charge in [0.25, 0.3) is 5.91 Å². The van der Waals surface area contributed by atoms with Crippen LogP contribution in [0.2, 0.25) is 0 Å². The van der Waals surface area contributed by atoms with Crippen LogP contribution in [0.4, 0.5) is 5.69 Å². The fraction of sp³-hybridized carbons (Fsp3) is 0.600. The smallest absolute Gasteiger partial charge is 0.265 e. The van der Waals surface area contributed by atoms with Crippen molar-refractivity contribution in [3.63, 3.8) is 0 Å². The molecular weight excluding hydrogens is 360 g/mol. The summed E-state index contributed by atoms with van der Waals surface area (Å²) in [4.78, 5) is 18.4. The highest BCUT2D eigenvalue weighted by molar-refractivity contribution is 7.99. The zero-order chi connectivity index (χ0) is 19.1. The molecule has 0 saturated heterocycles. The number of ether oxygens (including phenoxy) is 1. The summed E-state index contributed by atoms with van der Waals surface area (Å²) in [5, 5.41) is 7.70. The Morgan fingerprint density at radius 3 is 3.04 bits per heavy atom. The van der Waals surface area contributed by atoms with E-state index in [1.165, 1.54) is 25.0 Å². The monoisotopic (exact) mass is 390 g/mol. The Labute approximate surface area is 166 Å². The minimum atomic E-state index is 0.0154. The van der Waals surface area contributed by atoms with E-state index in [-0.39, 0.29) is 12.5 Å². The molecular formula is C20H30N4O2S. The molecule has 0 bridgehead atoms. The van der Waals surface area contributed by atoms with Gasteiger partial charge in [-0.1, -0.05) is 19.1 Å². The third-order valence-corrected chi connectivity index (χ3v) is 6.24. The van der Waals surface area contributed by atoms with Gasteiger partial charge in [0.1, 0.15) is 5.75 Å². The van der Waals surface area contributed by atoms with E-state index < -0.39 is 0 Å². The Morgan fingerprint density at radius 1 is 1.37 bits per heavy atom. The first-order valence-corrected chi connectivity index (χ1v) is 10.9. The van der Waals surface area contributed by atoms with Crippen LogP contribution in [-0.2, 0) is 4.79 Å². The minimum absolute atomic E-state index is 0.0154. The second-order valence-electron chi connectivity index (χ2n) is 6.89. The third-order valence-electron chi connectivity index (χ3n) is 5.01. The molecule has 2 atom stereocenters. The molecule has 148 valence electrons. The third kappa shape index (κ3) is 5.31. The number of thioether (sulfide) groups is 1. The van der Waals surface area contributed by atoms with Gasteiger partial charge in [0.05, 0.1) is 5.69 Å². The maximum absolute atomic E-state index is 12.2. The van der Waals surface area contributed by atoms with Gasteiger partial charge in [-0.2, -0.15) is 11.8 Å². The number of anilines is 1. The normalized spacial score (nSPS) is 22.4. The predicted octanol–water partition coefficient (Wildman–Crippen LogP) is 2.64. The Morgan fingerprint density at radius 2 is 2.22 bits per heavy atom. The van der Waals surface area contributed by atoms with Crippen LogP contribution in [0.15, 0.2) is 29.3 Å². The van der Waals surface area contributed by atoms with Gasteiger partial charge >= 0.3 is 0 Å². The number of aliphatic imine (C=N–C) groups is 1. The fourth-order valence-electron chi connectivity index (χ4n) is 3.69. The molecule has 1 aliphatic heterocycles. The summed E-state index contributed by atoms with van der Waals surface area (Å²) < 4.78 is 5.49. The van der Waals surface area contributed by atoms with Crippen molar-refractivity contribution < 1.29 is 9.53 Å². The maximum Gasteiger partial charge on any atom is 0.265 e. The first kappa shape index (κ1) is 19.9. The quantitative estimate of drug-likeness (QED) is 0.426. The lowest BCUT2D eigenvalue weighted by Crippen LogP contribution is -2.44. The molecule has 0 spiro atoms. The van der Waals surface area contributed by atoms with E-state index in [9.17, 15) is 4.79 Å². The van der Waals surface area contributed by atoms with Crippen LogP contribution in [0.3, 0.4) is 0 Å². The number of fused-ring (bicyclic) bond motifs is 1. The van der Waals surface area contributed by atoms with E-state index in [0.29, 0.717) is 12.6 Å². The number of carbonyl (C=O) groups is 1. The summed E-state index contributed by atoms with van der Waals surface area (Å²) >= 11 is 2.06. The standard InChI is InChI=1S/C20H30N4O2S/c1-3-27-16-10-9-15(13-16)23-20(21-2)22-11-6-12-24-17-7-4-5-8-18(17)26-14-19(24)25/h4-5,7-8,15-16H,3,6,9-14H2,1-2H3,(H2,21,22,23). The summed E-state index contributed by atoms with van der Waals surface area (Å²) in [6.07, 6.45) is 4.54. The Kier molecular flexibility index (Phi) is 7.26. The lowest BCUT2D eigenvalue weighted by atomic mass is 10.2. The van der Waals surface area contributed by atoms with Gasteiger partial charge in [-0.15, -0.1) is 0 Å². The van der Waals surface area contributed by atoms with Gasteiger partial charge in [0, 0.05) is 31.4 Å². The summed E-state index contributed by atoms with van der Waals surface area (Å²) in [6, 6.07) is 8.21. The summed E-state index contributed by atoms with van der Waals surface area (Å²) in [6.45, 7) is 3.78. The molecule has 1 aromatic carbocycles. The minimum Gasteiger partial charge on any atom is -0.482 e. The van der Waals surface area contributed by atoms with Crippen LogP contribution in [0.1, 0.15) is 32.6 Å². The Balaban J connectivity index is 1.42. The molecule has 6 nitrogen and oxygen atoms in total.